The van der Waals surface area contributed by atoms with E-state index >= 15 is 0 Å². The lowest BCUT2D eigenvalue weighted by Gasteiger charge is -2.26. The summed E-state index contributed by atoms with van der Waals surface area (Å²) in [6.45, 7) is 1.43. The van der Waals surface area contributed by atoms with Gasteiger partial charge in [0.1, 0.15) is 5.75 Å². The average molecular weight is 432 g/mol. The van der Waals surface area contributed by atoms with Gasteiger partial charge in [0.05, 0.1) is 17.6 Å². The fourth-order valence-electron chi connectivity index (χ4n) is 3.61. The molecule has 2 aliphatic heterocycles. The Morgan fingerprint density at radius 1 is 1.07 bits per heavy atom. The third-order valence-corrected chi connectivity index (χ3v) is 7.15. The maximum Gasteiger partial charge on any atom is 0.255 e. The minimum absolute atomic E-state index is 0.0958. The van der Waals surface area contributed by atoms with E-state index < -0.39 is 15.9 Å². The number of piperidine rings is 1. The largest absolute Gasteiger partial charge is 0.496 e. The van der Waals surface area contributed by atoms with Crippen molar-refractivity contribution in [1.29, 1.82) is 0 Å². The number of amides is 1. The molecule has 9 heteroatoms. The molecular formula is C21H24N2O6S. The van der Waals surface area contributed by atoms with Gasteiger partial charge in [-0.1, -0.05) is 12.5 Å². The Labute approximate surface area is 175 Å². The first-order valence-electron chi connectivity index (χ1n) is 9.84. The Kier molecular flexibility index (Phi) is 5.83. The predicted octanol–water partition coefficient (Wildman–Crippen LogP) is 2.53. The molecule has 1 saturated heterocycles. The molecule has 0 bridgehead atoms. The molecule has 0 saturated carbocycles. The summed E-state index contributed by atoms with van der Waals surface area (Å²) < 4.78 is 43.4. The number of carbonyl (C=O) groups excluding carboxylic acids is 1. The Bertz CT molecular complexity index is 1050. The molecule has 0 spiro atoms. The van der Waals surface area contributed by atoms with Crippen molar-refractivity contribution in [3.05, 3.63) is 47.5 Å². The number of fused-ring (bicyclic) bond motifs is 1. The molecule has 0 aromatic heterocycles. The van der Waals surface area contributed by atoms with Crippen LogP contribution in [0.25, 0.3) is 0 Å². The zero-order valence-electron chi connectivity index (χ0n) is 16.7. The molecular weight excluding hydrogens is 408 g/mol. The first-order valence-corrected chi connectivity index (χ1v) is 11.3. The number of nitrogens with zero attached hydrogens (tertiary/aromatic N) is 1. The third kappa shape index (κ3) is 4.08. The van der Waals surface area contributed by atoms with Crippen molar-refractivity contribution in [2.75, 3.05) is 27.0 Å². The summed E-state index contributed by atoms with van der Waals surface area (Å²) >= 11 is 0. The average Bonchev–Trinajstić information content (AvgIpc) is 3.25. The van der Waals surface area contributed by atoms with Crippen molar-refractivity contribution < 1.29 is 27.4 Å². The van der Waals surface area contributed by atoms with Crippen LogP contribution in [0, 0.1) is 0 Å². The summed E-state index contributed by atoms with van der Waals surface area (Å²) in [5.74, 6) is 1.20. The molecule has 1 fully saturated rings. The number of sulfonamides is 1. The third-order valence-electron chi connectivity index (χ3n) is 5.26. The standard InChI is InChI=1S/C21H24N2O6S/c1-27-18-8-6-16(30(25,26)23-9-3-2-4-10-23)12-17(18)21(24)22-13-15-5-7-19-20(11-15)29-14-28-19/h5-8,11-12H,2-4,9-10,13-14H2,1H3,(H,22,24). The summed E-state index contributed by atoms with van der Waals surface area (Å²) in [6.07, 6.45) is 2.72. The van der Waals surface area contributed by atoms with Crippen molar-refractivity contribution in [1.82, 2.24) is 9.62 Å². The lowest BCUT2D eigenvalue weighted by Crippen LogP contribution is -2.35. The van der Waals surface area contributed by atoms with Crippen LogP contribution >= 0.6 is 0 Å². The maximum absolute atomic E-state index is 13.0. The molecule has 1 N–H and O–H groups in total. The number of hydrogen-bond acceptors (Lipinski definition) is 6. The molecule has 4 rings (SSSR count). The molecule has 0 aliphatic carbocycles. The first-order chi connectivity index (χ1) is 14.5. The van der Waals surface area contributed by atoms with Crippen LogP contribution in [0.3, 0.4) is 0 Å². The molecule has 2 aromatic rings. The van der Waals surface area contributed by atoms with Gasteiger partial charge < -0.3 is 19.5 Å². The maximum atomic E-state index is 13.0. The quantitative estimate of drug-likeness (QED) is 0.754. The summed E-state index contributed by atoms with van der Waals surface area (Å²) in [4.78, 5) is 12.9. The van der Waals surface area contributed by atoms with E-state index in [0.717, 1.165) is 24.8 Å². The fraction of sp³-hybridized carbons (Fsp3) is 0.381. The van der Waals surface area contributed by atoms with Crippen LogP contribution in [0.15, 0.2) is 41.3 Å². The van der Waals surface area contributed by atoms with E-state index in [1.807, 2.05) is 6.07 Å². The number of ether oxygens (including phenoxy) is 3. The number of methoxy groups -OCH3 is 1. The lowest BCUT2D eigenvalue weighted by molar-refractivity contribution is 0.0947. The van der Waals surface area contributed by atoms with Gasteiger partial charge in [-0.3, -0.25) is 4.79 Å². The summed E-state index contributed by atoms with van der Waals surface area (Å²) in [6, 6.07) is 9.82. The van der Waals surface area contributed by atoms with Crippen LogP contribution < -0.4 is 19.5 Å². The van der Waals surface area contributed by atoms with Gasteiger partial charge in [0, 0.05) is 19.6 Å². The van der Waals surface area contributed by atoms with E-state index in [1.165, 1.54) is 29.6 Å². The van der Waals surface area contributed by atoms with E-state index in [-0.39, 0.29) is 23.8 Å². The van der Waals surface area contributed by atoms with Crippen molar-refractivity contribution in [2.45, 2.75) is 30.7 Å². The van der Waals surface area contributed by atoms with Gasteiger partial charge in [-0.15, -0.1) is 0 Å². The van der Waals surface area contributed by atoms with Gasteiger partial charge in [0.2, 0.25) is 16.8 Å². The number of hydrogen-bond donors (Lipinski definition) is 1. The van der Waals surface area contributed by atoms with Gasteiger partial charge in [-0.25, -0.2) is 8.42 Å². The van der Waals surface area contributed by atoms with Gasteiger partial charge >= 0.3 is 0 Å². The van der Waals surface area contributed by atoms with Crippen LogP contribution in [0.5, 0.6) is 17.2 Å². The monoisotopic (exact) mass is 432 g/mol. The van der Waals surface area contributed by atoms with Crippen LogP contribution in [0.4, 0.5) is 0 Å². The van der Waals surface area contributed by atoms with Gasteiger partial charge in [0.15, 0.2) is 11.5 Å². The van der Waals surface area contributed by atoms with E-state index in [4.69, 9.17) is 14.2 Å². The summed E-state index contributed by atoms with van der Waals surface area (Å²) in [5, 5.41) is 2.82. The number of nitrogens with one attached hydrogen (secondary N) is 1. The minimum atomic E-state index is -3.65. The first kappa shape index (κ1) is 20.5. The van der Waals surface area contributed by atoms with Gasteiger partial charge in [-0.2, -0.15) is 4.31 Å². The zero-order valence-corrected chi connectivity index (χ0v) is 17.5. The highest BCUT2D eigenvalue weighted by molar-refractivity contribution is 7.89. The van der Waals surface area contributed by atoms with Crippen LogP contribution in [-0.2, 0) is 16.6 Å². The highest BCUT2D eigenvalue weighted by Crippen LogP contribution is 2.32. The van der Waals surface area contributed by atoms with Gasteiger partial charge in [-0.05, 0) is 48.7 Å². The lowest BCUT2D eigenvalue weighted by atomic mass is 10.1. The SMILES string of the molecule is COc1ccc(S(=O)(=O)N2CCCCC2)cc1C(=O)NCc1ccc2c(c1)OCO2. The van der Waals surface area contributed by atoms with E-state index in [1.54, 1.807) is 12.1 Å². The molecule has 2 heterocycles. The van der Waals surface area contributed by atoms with Crippen molar-refractivity contribution in [3.8, 4) is 17.2 Å². The normalized spacial score (nSPS) is 16.3. The second-order valence-corrected chi connectivity index (χ2v) is 9.14. The Hall–Kier alpha value is -2.78. The molecule has 2 aromatic carbocycles. The van der Waals surface area contributed by atoms with Crippen molar-refractivity contribution >= 4 is 15.9 Å². The summed E-state index contributed by atoms with van der Waals surface area (Å²) in [7, 11) is -2.20. The molecule has 0 radical (unpaired) electrons. The van der Waals surface area contributed by atoms with Crippen LogP contribution in [0.1, 0.15) is 35.2 Å². The highest BCUT2D eigenvalue weighted by Gasteiger charge is 2.27. The fourth-order valence-corrected chi connectivity index (χ4v) is 5.15. The van der Waals surface area contributed by atoms with Crippen LogP contribution in [-0.4, -0.2) is 45.6 Å². The molecule has 0 atom stereocenters. The van der Waals surface area contributed by atoms with Crippen LogP contribution in [0.2, 0.25) is 0 Å². The van der Waals surface area contributed by atoms with E-state index in [2.05, 4.69) is 5.32 Å². The zero-order chi connectivity index (χ0) is 21.1. The molecule has 8 nitrogen and oxygen atoms in total. The van der Waals surface area contributed by atoms with Crippen molar-refractivity contribution in [3.63, 3.8) is 0 Å². The number of carbonyl (C=O) groups is 1. The molecule has 2 aliphatic rings. The molecule has 1 amide bonds. The predicted molar refractivity (Wildman–Crippen MR) is 109 cm³/mol. The number of benzene rings is 2. The van der Waals surface area contributed by atoms with E-state index in [0.29, 0.717) is 30.3 Å². The smallest absolute Gasteiger partial charge is 0.255 e. The van der Waals surface area contributed by atoms with E-state index in [9.17, 15) is 13.2 Å². The molecule has 30 heavy (non-hydrogen) atoms. The molecule has 160 valence electrons. The second-order valence-electron chi connectivity index (χ2n) is 7.20. The second kappa shape index (κ2) is 8.53. The summed E-state index contributed by atoms with van der Waals surface area (Å²) in [5.41, 5.74) is 1.01. The minimum Gasteiger partial charge on any atom is -0.496 e. The Balaban J connectivity index is 1.53. The topological polar surface area (TPSA) is 94.2 Å². The van der Waals surface area contributed by atoms with Gasteiger partial charge in [0.25, 0.3) is 5.91 Å². The Morgan fingerprint density at radius 2 is 1.83 bits per heavy atom. The highest BCUT2D eigenvalue weighted by atomic mass is 32.2. The van der Waals surface area contributed by atoms with Crippen molar-refractivity contribution in [2.24, 2.45) is 0 Å². The number of rotatable bonds is 6. The molecule has 0 unspecified atom stereocenters. The Morgan fingerprint density at radius 3 is 2.60 bits per heavy atom.